The Kier molecular flexibility index (Phi) is 7.15. The summed E-state index contributed by atoms with van der Waals surface area (Å²) in [5, 5.41) is 4.96. The largest absolute Gasteiger partial charge is 0.278 e. The van der Waals surface area contributed by atoms with Crippen molar-refractivity contribution in [2.24, 2.45) is 0 Å². The fourth-order valence-corrected chi connectivity index (χ4v) is 9.54. The van der Waals surface area contributed by atoms with Gasteiger partial charge < -0.3 is 0 Å². The molecule has 7 nitrogen and oxygen atoms in total. The van der Waals surface area contributed by atoms with Gasteiger partial charge in [0.1, 0.15) is 0 Å². The van der Waals surface area contributed by atoms with Crippen LogP contribution in [0.2, 0.25) is 0 Å². The molecule has 0 fully saturated rings. The topological polar surface area (TPSA) is 82.3 Å². The van der Waals surface area contributed by atoms with Gasteiger partial charge in [0.15, 0.2) is 29.1 Å². The van der Waals surface area contributed by atoms with E-state index in [1.165, 1.54) is 0 Å². The molecule has 340 valence electrons. The molecular weight excluding hydrogens is 891 g/mol. The number of fused-ring (bicyclic) bond motifs is 3. The first-order valence-electron chi connectivity index (χ1n) is 30.3. The van der Waals surface area contributed by atoms with E-state index < -0.39 is 118 Å². The van der Waals surface area contributed by atoms with Crippen molar-refractivity contribution in [1.82, 2.24) is 34.5 Å². The average Bonchev–Trinajstić information content (AvgIpc) is 1.60. The molecule has 0 aliphatic heterocycles. The zero-order valence-electron chi connectivity index (χ0n) is 52.2. The smallest absolute Gasteiger partial charge is 0.238 e. The summed E-state index contributed by atoms with van der Waals surface area (Å²) in [4.78, 5) is 30.1. The molecule has 0 saturated heterocycles. The molecule has 0 amide bonds. The van der Waals surface area contributed by atoms with Crippen molar-refractivity contribution in [2.45, 2.75) is 0 Å². The van der Waals surface area contributed by atoms with Crippen LogP contribution in [-0.4, -0.2) is 34.5 Å². The van der Waals surface area contributed by atoms with Crippen LogP contribution in [0.5, 0.6) is 0 Å². The maximum absolute atomic E-state index is 9.51. The molecule has 73 heavy (non-hydrogen) atoms. The predicted octanol–water partition coefficient (Wildman–Crippen LogP) is 16.2. The quantitative estimate of drug-likeness (QED) is 0.134. The van der Waals surface area contributed by atoms with E-state index in [0.29, 0.717) is 34.1 Å². The summed E-state index contributed by atoms with van der Waals surface area (Å²) in [7, 11) is 0. The first-order chi connectivity index (χ1) is 42.0. The van der Waals surface area contributed by atoms with Crippen LogP contribution in [-0.2, 0) is 0 Å². The second-order valence-electron chi connectivity index (χ2n) is 17.2. The maximum Gasteiger partial charge on any atom is 0.238 e. The number of hydrogen-bond acceptors (Lipinski definition) is 6. The van der Waals surface area contributed by atoms with E-state index >= 15 is 0 Å². The first kappa shape index (κ1) is 29.9. The van der Waals surface area contributed by atoms with E-state index in [2.05, 4.69) is 4.98 Å². The standard InChI is InChI=1S/C66H41N7/c1-5-16-42(17-6-1)45-28-34-49(35-29-45)61-67-62(50-36-30-46(31-37-50)43-18-7-2-8-19-43)69-65(68-61)52-40-56-54-25-14-13-24-53(54)55-26-15-27-57-59(55)60(56)58(41-52)73(57)66-71-63(48-22-11-4-12-23-48)70-64(72-66)51-38-32-47(33-39-51)44-20-9-3-10-21-44/h1-41H/i3D,4D,9D,10D,11D,12D,20D,21D,22D,23D,32D,33D,38D,39D. The van der Waals surface area contributed by atoms with Crippen LogP contribution in [0.1, 0.15) is 19.2 Å². The Balaban J connectivity index is 1.05. The zero-order chi connectivity index (χ0) is 60.4. The summed E-state index contributed by atoms with van der Waals surface area (Å²) >= 11 is 0. The van der Waals surface area contributed by atoms with Gasteiger partial charge in [-0.3, -0.25) is 4.57 Å². The lowest BCUT2D eigenvalue weighted by atomic mass is 9.93. The summed E-state index contributed by atoms with van der Waals surface area (Å²) in [6, 6.07) is 43.3. The molecular formula is C66H41N7. The normalized spacial score (nSPS) is 14.2. The second-order valence-corrected chi connectivity index (χ2v) is 17.2. The number of aromatic nitrogens is 7. The van der Waals surface area contributed by atoms with Crippen LogP contribution in [0.4, 0.5) is 0 Å². The van der Waals surface area contributed by atoms with Gasteiger partial charge >= 0.3 is 0 Å². The molecule has 14 aromatic rings. The van der Waals surface area contributed by atoms with E-state index in [-0.39, 0.29) is 5.95 Å². The fourth-order valence-electron chi connectivity index (χ4n) is 9.54. The van der Waals surface area contributed by atoms with Crippen LogP contribution < -0.4 is 0 Å². The van der Waals surface area contributed by atoms with Crippen molar-refractivity contribution in [3.05, 3.63) is 248 Å². The van der Waals surface area contributed by atoms with E-state index in [0.717, 1.165) is 65.7 Å². The van der Waals surface area contributed by atoms with Crippen LogP contribution in [0.3, 0.4) is 0 Å². The minimum atomic E-state index is -0.786. The third kappa shape index (κ3) is 7.46. The van der Waals surface area contributed by atoms with Crippen LogP contribution in [0, 0.1) is 0 Å². The third-order valence-electron chi connectivity index (χ3n) is 12.9. The molecule has 0 spiro atoms. The van der Waals surface area contributed by atoms with Crippen molar-refractivity contribution in [3.8, 4) is 96.3 Å². The predicted molar refractivity (Wildman–Crippen MR) is 297 cm³/mol. The lowest BCUT2D eigenvalue weighted by molar-refractivity contribution is 0.953. The molecule has 11 aromatic carbocycles. The Morgan fingerprint density at radius 2 is 0.658 bits per heavy atom. The number of rotatable bonds is 9. The highest BCUT2D eigenvalue weighted by molar-refractivity contribution is 6.34. The van der Waals surface area contributed by atoms with Crippen molar-refractivity contribution < 1.29 is 19.2 Å². The molecule has 0 atom stereocenters. The van der Waals surface area contributed by atoms with E-state index in [4.69, 9.17) is 38.6 Å². The van der Waals surface area contributed by atoms with Crippen molar-refractivity contribution >= 4 is 43.4 Å². The van der Waals surface area contributed by atoms with Gasteiger partial charge in [0.05, 0.1) is 30.2 Å². The number of hydrogen-bond donors (Lipinski definition) is 0. The number of nitrogens with zero attached hydrogens (tertiary/aromatic N) is 7. The summed E-state index contributed by atoms with van der Waals surface area (Å²) in [5.74, 6) is -0.110. The van der Waals surface area contributed by atoms with Crippen LogP contribution in [0.25, 0.3) is 140 Å². The van der Waals surface area contributed by atoms with E-state index in [9.17, 15) is 5.48 Å². The van der Waals surface area contributed by atoms with Crippen LogP contribution >= 0.6 is 0 Å². The third-order valence-corrected chi connectivity index (χ3v) is 12.9. The Morgan fingerprint density at radius 1 is 0.260 bits per heavy atom. The minimum absolute atomic E-state index is 0.214. The van der Waals surface area contributed by atoms with Gasteiger partial charge in [0.2, 0.25) is 5.95 Å². The maximum atomic E-state index is 9.51. The molecule has 3 aromatic heterocycles. The Morgan fingerprint density at radius 3 is 1.22 bits per heavy atom. The molecule has 0 bridgehead atoms. The molecule has 7 heteroatoms. The van der Waals surface area contributed by atoms with Gasteiger partial charge in [-0.25, -0.2) is 19.9 Å². The fraction of sp³-hybridized carbons (Fsp3) is 0. The average molecular weight is 946 g/mol. The summed E-state index contributed by atoms with van der Waals surface area (Å²) in [6.45, 7) is 0. The summed E-state index contributed by atoms with van der Waals surface area (Å²) in [5.41, 5.74) is 5.00. The van der Waals surface area contributed by atoms with Gasteiger partial charge in [-0.1, -0.05) is 230 Å². The van der Waals surface area contributed by atoms with Gasteiger partial charge in [-0.2, -0.15) is 9.97 Å². The first-order valence-corrected chi connectivity index (χ1v) is 23.3. The highest BCUT2D eigenvalue weighted by Crippen LogP contribution is 2.45. The van der Waals surface area contributed by atoms with Crippen molar-refractivity contribution in [2.75, 3.05) is 0 Å². The van der Waals surface area contributed by atoms with E-state index in [1.54, 1.807) is 4.57 Å². The molecule has 0 aliphatic rings. The van der Waals surface area contributed by atoms with Gasteiger partial charge in [-0.05, 0) is 73.1 Å². The molecule has 0 unspecified atom stereocenters. The summed E-state index contributed by atoms with van der Waals surface area (Å²) < 4.78 is 126. The van der Waals surface area contributed by atoms with Gasteiger partial charge in [0, 0.05) is 38.6 Å². The highest BCUT2D eigenvalue weighted by atomic mass is 15.2. The van der Waals surface area contributed by atoms with Crippen molar-refractivity contribution in [3.63, 3.8) is 0 Å². The second kappa shape index (κ2) is 17.5. The van der Waals surface area contributed by atoms with E-state index in [1.807, 2.05) is 164 Å². The van der Waals surface area contributed by atoms with Crippen LogP contribution in [0.15, 0.2) is 248 Å². The minimum Gasteiger partial charge on any atom is -0.278 e. The number of benzene rings is 11. The summed E-state index contributed by atoms with van der Waals surface area (Å²) in [6.07, 6.45) is 0. The lowest BCUT2D eigenvalue weighted by Gasteiger charge is -2.13. The SMILES string of the molecule is [2H]c1c([2H])c([2H])c(-c2nc(-c3c([2H])c([2H])c(-c4c([2H])c([2H])c([2H])c([2H])c4[2H])c([2H])c3[2H])nc(-n3c4cccc5c6ccccc6c6cc(-c7nc(-c8ccc(-c9ccccc9)cc8)nc(-c8ccc(-c9ccccc9)cc8)n7)cc3c6c54)n2)c([2H])c1[2H]. The molecule has 0 radical (unpaired) electrons. The highest BCUT2D eigenvalue weighted by Gasteiger charge is 2.25. The lowest BCUT2D eigenvalue weighted by Crippen LogP contribution is -2.06. The molecule has 0 saturated carbocycles. The van der Waals surface area contributed by atoms with Gasteiger partial charge in [-0.15, -0.1) is 0 Å². The zero-order valence-corrected chi connectivity index (χ0v) is 38.2. The molecule has 0 aliphatic carbocycles. The Bertz CT molecular complexity index is 5010. The Labute approximate surface area is 440 Å². The molecule has 14 rings (SSSR count). The molecule has 0 N–H and O–H groups in total. The molecule has 3 heterocycles. The Hall–Kier alpha value is -9.98. The monoisotopic (exact) mass is 945 g/mol. The van der Waals surface area contributed by atoms with Crippen molar-refractivity contribution in [1.29, 1.82) is 0 Å². The van der Waals surface area contributed by atoms with Gasteiger partial charge in [0.25, 0.3) is 0 Å².